The molecule has 1 N–H and O–H groups in total. The number of amides is 1. The number of nitrogens with zero attached hydrogens (tertiary/aromatic N) is 1. The molecule has 1 saturated carbocycles. The Balaban J connectivity index is 1.82. The zero-order chi connectivity index (χ0) is 14.0. The van der Waals surface area contributed by atoms with Gasteiger partial charge in [-0.05, 0) is 36.8 Å². The Bertz CT molecular complexity index is 483. The van der Waals surface area contributed by atoms with Crippen LogP contribution in [0.25, 0.3) is 0 Å². The largest absolute Gasteiger partial charge is 0.481 e. The minimum atomic E-state index is -0.806. The molecule has 0 spiro atoms. The van der Waals surface area contributed by atoms with E-state index in [9.17, 15) is 9.59 Å². The number of aliphatic carboxylic acids is 1. The van der Waals surface area contributed by atoms with Crippen molar-refractivity contribution in [2.24, 2.45) is 5.92 Å². The number of carboxylic acids is 1. The van der Waals surface area contributed by atoms with Crippen molar-refractivity contribution in [3.05, 3.63) is 21.9 Å². The molecule has 0 aliphatic heterocycles. The molecule has 1 amide bonds. The Labute approximate surface area is 117 Å². The van der Waals surface area contributed by atoms with Gasteiger partial charge in [0.25, 0.3) is 0 Å². The predicted octanol–water partition coefficient (Wildman–Crippen LogP) is 2.48. The zero-order valence-electron chi connectivity index (χ0n) is 11.3. The smallest absolute Gasteiger partial charge is 0.303 e. The minimum Gasteiger partial charge on any atom is -0.481 e. The van der Waals surface area contributed by atoms with Crippen LogP contribution in [0.2, 0.25) is 0 Å². The molecule has 1 fully saturated rings. The molecule has 1 aromatic heterocycles. The molecule has 5 heteroatoms. The van der Waals surface area contributed by atoms with Gasteiger partial charge in [0, 0.05) is 36.7 Å². The van der Waals surface area contributed by atoms with Crippen molar-refractivity contribution in [1.82, 2.24) is 4.90 Å². The molecule has 2 rings (SSSR count). The molecule has 0 saturated heterocycles. The summed E-state index contributed by atoms with van der Waals surface area (Å²) in [5.41, 5.74) is 1.28. The van der Waals surface area contributed by atoms with Crippen LogP contribution in [0.3, 0.4) is 0 Å². The van der Waals surface area contributed by atoms with Crippen molar-refractivity contribution >= 4 is 23.2 Å². The second kappa shape index (κ2) is 5.74. The standard InChI is InChI=1S/C14H19NO3S/c1-9-5-7-19-13(9)10-8-11(10)14(18)15(2)6-3-4-12(16)17/h5,7,10-11H,3-4,6,8H2,1-2H3,(H,16,17). The van der Waals surface area contributed by atoms with Crippen LogP contribution in [0.1, 0.15) is 35.6 Å². The fourth-order valence-corrected chi connectivity index (χ4v) is 3.49. The maximum absolute atomic E-state index is 12.2. The van der Waals surface area contributed by atoms with E-state index in [1.807, 2.05) is 0 Å². The molecule has 0 aromatic carbocycles. The van der Waals surface area contributed by atoms with Gasteiger partial charge in [0.05, 0.1) is 0 Å². The molecular formula is C14H19NO3S. The molecule has 2 unspecified atom stereocenters. The average molecular weight is 281 g/mol. The highest BCUT2D eigenvalue weighted by Crippen LogP contribution is 2.51. The van der Waals surface area contributed by atoms with E-state index in [4.69, 9.17) is 5.11 Å². The molecule has 2 atom stereocenters. The van der Waals surface area contributed by atoms with E-state index >= 15 is 0 Å². The van der Waals surface area contributed by atoms with E-state index < -0.39 is 5.97 Å². The lowest BCUT2D eigenvalue weighted by Crippen LogP contribution is -2.29. The van der Waals surface area contributed by atoms with Gasteiger partial charge >= 0.3 is 5.97 Å². The van der Waals surface area contributed by atoms with Crippen LogP contribution in [0.5, 0.6) is 0 Å². The van der Waals surface area contributed by atoms with Gasteiger partial charge in [0.2, 0.25) is 5.91 Å². The molecule has 19 heavy (non-hydrogen) atoms. The summed E-state index contributed by atoms with van der Waals surface area (Å²) in [4.78, 5) is 25.6. The van der Waals surface area contributed by atoms with Crippen molar-refractivity contribution in [2.45, 2.75) is 32.1 Å². The normalized spacial score (nSPS) is 21.2. The van der Waals surface area contributed by atoms with Gasteiger partial charge in [-0.25, -0.2) is 0 Å². The first kappa shape index (κ1) is 14.1. The molecule has 104 valence electrons. The van der Waals surface area contributed by atoms with Gasteiger partial charge in [-0.3, -0.25) is 9.59 Å². The molecular weight excluding hydrogens is 262 g/mol. The monoisotopic (exact) mass is 281 g/mol. The number of hydrogen-bond donors (Lipinski definition) is 1. The van der Waals surface area contributed by atoms with Gasteiger partial charge in [-0.15, -0.1) is 11.3 Å². The summed E-state index contributed by atoms with van der Waals surface area (Å²) < 4.78 is 0. The van der Waals surface area contributed by atoms with E-state index in [0.29, 0.717) is 18.9 Å². The number of thiophene rings is 1. The number of carboxylic acid groups (broad SMARTS) is 1. The van der Waals surface area contributed by atoms with E-state index in [0.717, 1.165) is 6.42 Å². The van der Waals surface area contributed by atoms with E-state index in [-0.39, 0.29) is 18.2 Å². The van der Waals surface area contributed by atoms with Crippen LogP contribution in [-0.2, 0) is 9.59 Å². The number of carbonyl (C=O) groups excluding carboxylic acids is 1. The van der Waals surface area contributed by atoms with E-state index in [2.05, 4.69) is 18.4 Å². The summed E-state index contributed by atoms with van der Waals surface area (Å²) in [6, 6.07) is 2.09. The Morgan fingerprint density at radius 1 is 1.53 bits per heavy atom. The number of hydrogen-bond acceptors (Lipinski definition) is 3. The number of rotatable bonds is 6. The fourth-order valence-electron chi connectivity index (χ4n) is 2.38. The highest BCUT2D eigenvalue weighted by atomic mass is 32.1. The molecule has 1 aliphatic rings. The Morgan fingerprint density at radius 2 is 2.26 bits per heavy atom. The highest BCUT2D eigenvalue weighted by Gasteiger charge is 2.46. The van der Waals surface area contributed by atoms with Crippen LogP contribution in [-0.4, -0.2) is 35.5 Å². The highest BCUT2D eigenvalue weighted by molar-refractivity contribution is 7.10. The molecule has 1 aromatic rings. The summed E-state index contributed by atoms with van der Waals surface area (Å²) in [6.45, 7) is 2.61. The first-order chi connectivity index (χ1) is 9.00. The Morgan fingerprint density at radius 3 is 2.84 bits per heavy atom. The Kier molecular flexibility index (Phi) is 4.24. The predicted molar refractivity (Wildman–Crippen MR) is 74.4 cm³/mol. The Hall–Kier alpha value is -1.36. The third kappa shape index (κ3) is 3.35. The first-order valence-electron chi connectivity index (χ1n) is 6.51. The summed E-state index contributed by atoms with van der Waals surface area (Å²) in [7, 11) is 1.76. The maximum Gasteiger partial charge on any atom is 0.303 e. The summed E-state index contributed by atoms with van der Waals surface area (Å²) in [5, 5.41) is 10.7. The van der Waals surface area contributed by atoms with Gasteiger partial charge in [-0.1, -0.05) is 0 Å². The summed E-state index contributed by atoms with van der Waals surface area (Å²) >= 11 is 1.73. The molecule has 0 bridgehead atoms. The molecule has 0 radical (unpaired) electrons. The first-order valence-corrected chi connectivity index (χ1v) is 7.39. The van der Waals surface area contributed by atoms with Crippen molar-refractivity contribution in [2.75, 3.05) is 13.6 Å². The second-order valence-corrected chi connectivity index (χ2v) is 6.12. The van der Waals surface area contributed by atoms with E-state index in [1.165, 1.54) is 10.4 Å². The van der Waals surface area contributed by atoms with Crippen LogP contribution in [0.4, 0.5) is 0 Å². The van der Waals surface area contributed by atoms with Gasteiger partial charge < -0.3 is 10.0 Å². The zero-order valence-corrected chi connectivity index (χ0v) is 12.1. The van der Waals surface area contributed by atoms with Crippen LogP contribution < -0.4 is 0 Å². The third-order valence-electron chi connectivity index (χ3n) is 3.61. The minimum absolute atomic E-state index is 0.104. The van der Waals surface area contributed by atoms with Gasteiger partial charge in [0.1, 0.15) is 0 Å². The SMILES string of the molecule is Cc1ccsc1C1CC1C(=O)N(C)CCCC(=O)O. The maximum atomic E-state index is 12.2. The lowest BCUT2D eigenvalue weighted by molar-refractivity contribution is -0.138. The molecule has 1 heterocycles. The lowest BCUT2D eigenvalue weighted by Gasteiger charge is -2.16. The summed E-state index contributed by atoms with van der Waals surface area (Å²) in [6.07, 6.45) is 1.58. The van der Waals surface area contributed by atoms with Crippen molar-refractivity contribution in [3.8, 4) is 0 Å². The average Bonchev–Trinajstić information content (AvgIpc) is 3.03. The van der Waals surface area contributed by atoms with E-state index in [1.54, 1.807) is 23.3 Å². The lowest BCUT2D eigenvalue weighted by atomic mass is 10.2. The van der Waals surface area contributed by atoms with Crippen LogP contribution in [0.15, 0.2) is 11.4 Å². The molecule has 1 aliphatic carbocycles. The number of aryl methyl sites for hydroxylation is 1. The second-order valence-electron chi connectivity index (χ2n) is 5.17. The van der Waals surface area contributed by atoms with Crippen molar-refractivity contribution in [3.63, 3.8) is 0 Å². The summed E-state index contributed by atoms with van der Waals surface area (Å²) in [5.74, 6) is -0.163. The van der Waals surface area contributed by atoms with Gasteiger partial charge in [0.15, 0.2) is 0 Å². The van der Waals surface area contributed by atoms with Crippen LogP contribution in [0, 0.1) is 12.8 Å². The van der Waals surface area contributed by atoms with Gasteiger partial charge in [-0.2, -0.15) is 0 Å². The van der Waals surface area contributed by atoms with Crippen molar-refractivity contribution in [1.29, 1.82) is 0 Å². The third-order valence-corrected chi connectivity index (χ3v) is 4.76. The van der Waals surface area contributed by atoms with Crippen LogP contribution >= 0.6 is 11.3 Å². The quantitative estimate of drug-likeness (QED) is 0.871. The number of carbonyl (C=O) groups is 2. The molecule has 4 nitrogen and oxygen atoms in total. The van der Waals surface area contributed by atoms with Crippen molar-refractivity contribution < 1.29 is 14.7 Å². The fraction of sp³-hybridized carbons (Fsp3) is 0.571. The topological polar surface area (TPSA) is 57.6 Å².